The molecule has 5 N–H and O–H groups in total. The third kappa shape index (κ3) is 42.7. The van der Waals surface area contributed by atoms with Crippen molar-refractivity contribution >= 4 is 46.2 Å². The first-order chi connectivity index (χ1) is 18.3. The second kappa shape index (κ2) is 31.1. The number of esters is 2. The van der Waals surface area contributed by atoms with Crippen LogP contribution in [0.3, 0.4) is 0 Å². The van der Waals surface area contributed by atoms with Crippen molar-refractivity contribution in [2.45, 2.75) is 141 Å². The molecule has 0 saturated carbocycles. The topological polar surface area (TPSA) is 142 Å². The first-order valence-electron chi connectivity index (χ1n) is 14.1. The Bertz CT molecular complexity index is 772. The third-order valence-corrected chi connectivity index (χ3v) is 4.55. The van der Waals surface area contributed by atoms with Crippen molar-refractivity contribution in [1.29, 1.82) is 0 Å². The standard InChI is InChI=1S/C10H12INO2.C8H16O2.C7H14O2.C3H8.C2H6.CH5N.CH4/c1-6(10(13)14)4-7-2-3-9(12)8(11)5-7;1-5-6-7(9)10-8(2,3)4;1-5-6(8)9-7(2,3)4;1-3-2;2*1-2;/h2-3,5-6H,4,12H2,1H3,(H,13,14);5-6H2,1-4H3;5H2,1-4H3;3H2,1-2H3;1-2H3;2H2,1H3;1H4/t6-;;;;;;/m1....../s1. The summed E-state index contributed by atoms with van der Waals surface area (Å²) in [6, 6.07) is 5.61. The molecular weight excluding hydrogens is 635 g/mol. The number of hydrogen-bond acceptors (Lipinski definition) is 7. The van der Waals surface area contributed by atoms with E-state index in [1.54, 1.807) is 13.8 Å². The number of anilines is 1. The maximum atomic E-state index is 10.8. The quantitative estimate of drug-likeness (QED) is 0.152. The number of benzene rings is 1. The van der Waals surface area contributed by atoms with E-state index in [0.717, 1.165) is 21.2 Å². The Morgan fingerprint density at radius 1 is 0.902 bits per heavy atom. The summed E-state index contributed by atoms with van der Waals surface area (Å²) in [5, 5.41) is 8.74. The number of carbonyl (C=O) groups excluding carboxylic acids is 2. The van der Waals surface area contributed by atoms with Gasteiger partial charge >= 0.3 is 17.9 Å². The Balaban J connectivity index is -0.000000102. The summed E-state index contributed by atoms with van der Waals surface area (Å²) >= 11 is 2.14. The number of nitrogen functional groups attached to an aromatic ring is 1. The minimum Gasteiger partial charge on any atom is -0.481 e. The van der Waals surface area contributed by atoms with E-state index in [1.807, 2.05) is 80.5 Å². The number of rotatable bonds is 6. The van der Waals surface area contributed by atoms with Gasteiger partial charge in [0.2, 0.25) is 0 Å². The van der Waals surface area contributed by atoms with Crippen molar-refractivity contribution in [3.8, 4) is 0 Å². The maximum absolute atomic E-state index is 10.8. The van der Waals surface area contributed by atoms with Crippen LogP contribution in [-0.2, 0) is 30.3 Å². The molecule has 0 unspecified atom stereocenters. The van der Waals surface area contributed by atoms with Gasteiger partial charge < -0.3 is 26.0 Å². The molecule has 1 atom stereocenters. The number of halogens is 1. The van der Waals surface area contributed by atoms with Crippen LogP contribution in [0, 0.1) is 9.49 Å². The van der Waals surface area contributed by atoms with Gasteiger partial charge in [-0.05, 0) is 102 Å². The number of carboxylic acid groups (broad SMARTS) is 1. The fraction of sp³-hybridized carbons (Fsp3) is 0.719. The van der Waals surface area contributed by atoms with Crippen LogP contribution in [0.5, 0.6) is 0 Å². The number of hydrogen-bond donors (Lipinski definition) is 3. The summed E-state index contributed by atoms with van der Waals surface area (Å²) in [6.45, 7) is 24.9. The highest BCUT2D eigenvalue weighted by Crippen LogP contribution is 2.18. The van der Waals surface area contributed by atoms with Crippen LogP contribution in [-0.4, -0.2) is 41.3 Å². The van der Waals surface area contributed by atoms with E-state index in [0.29, 0.717) is 19.3 Å². The fourth-order valence-electron chi connectivity index (χ4n) is 2.15. The van der Waals surface area contributed by atoms with E-state index in [9.17, 15) is 14.4 Å². The predicted octanol–water partition coefficient (Wildman–Crippen LogP) is 8.66. The van der Waals surface area contributed by atoms with Crippen molar-refractivity contribution in [2.24, 2.45) is 11.7 Å². The van der Waals surface area contributed by atoms with Crippen molar-refractivity contribution in [3.05, 3.63) is 27.3 Å². The average molecular weight is 701 g/mol. The summed E-state index contributed by atoms with van der Waals surface area (Å²) in [7, 11) is 1.50. The Hall–Kier alpha value is -1.88. The zero-order valence-corrected chi connectivity index (χ0v) is 30.0. The van der Waals surface area contributed by atoms with E-state index in [2.05, 4.69) is 42.2 Å². The molecule has 0 aliphatic rings. The molecule has 0 aromatic heterocycles. The Labute approximate surface area is 266 Å². The lowest BCUT2D eigenvalue weighted by Crippen LogP contribution is -2.23. The molecule has 9 heteroatoms. The number of ether oxygens (including phenoxy) is 2. The van der Waals surface area contributed by atoms with Gasteiger partial charge in [-0.1, -0.05) is 68.4 Å². The molecule has 0 bridgehead atoms. The zero-order valence-electron chi connectivity index (χ0n) is 27.9. The van der Waals surface area contributed by atoms with Gasteiger partial charge in [0, 0.05) is 22.1 Å². The fourth-order valence-corrected chi connectivity index (χ4v) is 2.73. The molecule has 1 rings (SSSR count). The van der Waals surface area contributed by atoms with Crippen LogP contribution in [0.4, 0.5) is 5.69 Å². The molecule has 1 aromatic carbocycles. The van der Waals surface area contributed by atoms with Gasteiger partial charge in [-0.2, -0.15) is 0 Å². The van der Waals surface area contributed by atoms with Crippen LogP contribution in [0.2, 0.25) is 0 Å². The van der Waals surface area contributed by atoms with E-state index in [4.69, 9.17) is 20.3 Å². The van der Waals surface area contributed by atoms with Gasteiger partial charge in [0.25, 0.3) is 0 Å². The SMILES string of the molecule is C.CC.CCC.CCC(=O)OC(C)(C)C.CCCC(=O)OC(C)(C)C.CN.C[C@H](Cc1ccc(N)c(I)c1)C(=O)O. The Morgan fingerprint density at radius 3 is 1.56 bits per heavy atom. The molecule has 1 aromatic rings. The predicted molar refractivity (Wildman–Crippen MR) is 185 cm³/mol. The summed E-state index contributed by atoms with van der Waals surface area (Å²) in [6.07, 6.45) is 3.63. The minimum absolute atomic E-state index is 0. The summed E-state index contributed by atoms with van der Waals surface area (Å²) < 4.78 is 11.0. The molecule has 0 heterocycles. The molecule has 8 nitrogen and oxygen atoms in total. The first-order valence-corrected chi connectivity index (χ1v) is 15.2. The number of aliphatic carboxylic acids is 1. The smallest absolute Gasteiger partial charge is 0.306 e. The highest BCUT2D eigenvalue weighted by Gasteiger charge is 2.15. The second-order valence-electron chi connectivity index (χ2n) is 10.3. The number of nitrogens with two attached hydrogens (primary N) is 2. The van der Waals surface area contributed by atoms with E-state index >= 15 is 0 Å². The van der Waals surface area contributed by atoms with Crippen LogP contribution in [0.15, 0.2) is 18.2 Å². The number of carbonyl (C=O) groups is 3. The molecule has 0 radical (unpaired) electrons. The van der Waals surface area contributed by atoms with Crippen LogP contribution < -0.4 is 11.5 Å². The summed E-state index contributed by atoms with van der Waals surface area (Å²) in [4.78, 5) is 32.1. The largest absolute Gasteiger partial charge is 0.481 e. The molecule has 0 saturated heterocycles. The van der Waals surface area contributed by atoms with E-state index < -0.39 is 5.97 Å². The highest BCUT2D eigenvalue weighted by atomic mass is 127. The molecule has 0 aliphatic carbocycles. The van der Waals surface area contributed by atoms with Crippen LogP contribution in [0.1, 0.15) is 129 Å². The van der Waals surface area contributed by atoms with Crippen molar-refractivity contribution in [1.82, 2.24) is 0 Å². The molecule has 246 valence electrons. The van der Waals surface area contributed by atoms with Gasteiger partial charge in [-0.15, -0.1) is 0 Å². The Morgan fingerprint density at radius 2 is 1.29 bits per heavy atom. The third-order valence-electron chi connectivity index (χ3n) is 3.61. The van der Waals surface area contributed by atoms with Crippen LogP contribution >= 0.6 is 22.6 Å². The Kier molecular flexibility index (Phi) is 39.3. The molecule has 0 aliphatic heterocycles. The van der Waals surface area contributed by atoms with Gasteiger partial charge in [-0.25, -0.2) is 0 Å². The zero-order chi connectivity index (χ0) is 33.1. The van der Waals surface area contributed by atoms with Crippen LogP contribution in [0.25, 0.3) is 0 Å². The van der Waals surface area contributed by atoms with Gasteiger partial charge in [-0.3, -0.25) is 14.4 Å². The lowest BCUT2D eigenvalue weighted by atomic mass is 10.0. The van der Waals surface area contributed by atoms with E-state index in [-0.39, 0.29) is 36.5 Å². The van der Waals surface area contributed by atoms with Crippen molar-refractivity contribution in [3.63, 3.8) is 0 Å². The lowest BCUT2D eigenvalue weighted by Gasteiger charge is -2.18. The molecule has 41 heavy (non-hydrogen) atoms. The molecule has 0 spiro atoms. The minimum atomic E-state index is -0.767. The average Bonchev–Trinajstić information content (AvgIpc) is 2.83. The maximum Gasteiger partial charge on any atom is 0.306 e. The first kappa shape index (κ1) is 51.8. The molecular formula is C32H65IN2O6. The highest BCUT2D eigenvalue weighted by molar-refractivity contribution is 14.1. The van der Waals surface area contributed by atoms with Gasteiger partial charge in [0.05, 0.1) is 5.92 Å². The van der Waals surface area contributed by atoms with Crippen molar-refractivity contribution < 1.29 is 29.0 Å². The van der Waals surface area contributed by atoms with E-state index in [1.165, 1.54) is 13.5 Å². The second-order valence-corrected chi connectivity index (χ2v) is 11.4. The van der Waals surface area contributed by atoms with Crippen molar-refractivity contribution in [2.75, 3.05) is 12.8 Å². The summed E-state index contributed by atoms with van der Waals surface area (Å²) in [5.74, 6) is -1.36. The lowest BCUT2D eigenvalue weighted by molar-refractivity contribution is -0.155. The number of carboxylic acids is 1. The van der Waals surface area contributed by atoms with Gasteiger partial charge in [0.1, 0.15) is 11.2 Å². The summed E-state index contributed by atoms with van der Waals surface area (Å²) in [5.41, 5.74) is 11.2. The normalized spacial score (nSPS) is 10.1. The molecule has 0 fully saturated rings. The molecule has 0 amide bonds. The monoisotopic (exact) mass is 700 g/mol. The van der Waals surface area contributed by atoms with Gasteiger partial charge in [0.15, 0.2) is 0 Å².